The topological polar surface area (TPSA) is 108 Å². The number of thiophene rings is 1. The lowest BCUT2D eigenvalue weighted by Gasteiger charge is -2.37. The highest BCUT2D eigenvalue weighted by atomic mass is 32.1. The highest BCUT2D eigenvalue weighted by molar-refractivity contribution is 7.10. The number of fused-ring (bicyclic) bond motifs is 1. The first-order chi connectivity index (χ1) is 15.4. The van der Waals surface area contributed by atoms with E-state index in [0.717, 1.165) is 22.4 Å². The molecule has 8 nitrogen and oxygen atoms in total. The van der Waals surface area contributed by atoms with E-state index in [0.29, 0.717) is 30.2 Å². The van der Waals surface area contributed by atoms with E-state index < -0.39 is 10.8 Å². The van der Waals surface area contributed by atoms with Crippen LogP contribution in [0.2, 0.25) is 0 Å². The second kappa shape index (κ2) is 8.97. The average Bonchev–Trinajstić information content (AvgIpc) is 3.32. The van der Waals surface area contributed by atoms with Crippen molar-refractivity contribution in [3.8, 4) is 11.5 Å². The van der Waals surface area contributed by atoms with Gasteiger partial charge >= 0.3 is 0 Å². The third kappa shape index (κ3) is 4.04. The van der Waals surface area contributed by atoms with Crippen molar-refractivity contribution in [2.75, 3.05) is 20.8 Å². The summed E-state index contributed by atoms with van der Waals surface area (Å²) in [6, 6.07) is 12.4. The zero-order chi connectivity index (χ0) is 22.8. The maximum atomic E-state index is 11.7. The molecule has 3 aromatic rings. The van der Waals surface area contributed by atoms with Crippen molar-refractivity contribution in [2.24, 2.45) is 5.73 Å². The van der Waals surface area contributed by atoms with E-state index in [4.69, 9.17) is 15.2 Å². The molecule has 1 aromatic heterocycles. The van der Waals surface area contributed by atoms with Gasteiger partial charge in [-0.15, -0.1) is 11.3 Å². The van der Waals surface area contributed by atoms with Gasteiger partial charge in [-0.25, -0.2) is 0 Å². The molecule has 0 spiro atoms. The number of benzene rings is 2. The summed E-state index contributed by atoms with van der Waals surface area (Å²) in [5.41, 5.74) is 8.12. The summed E-state index contributed by atoms with van der Waals surface area (Å²) < 4.78 is 11.0. The van der Waals surface area contributed by atoms with Crippen LogP contribution in [0.3, 0.4) is 0 Å². The Morgan fingerprint density at radius 2 is 1.97 bits per heavy atom. The summed E-state index contributed by atoms with van der Waals surface area (Å²) in [6.45, 7) is 1.06. The maximum Gasteiger partial charge on any atom is 0.274 e. The molecule has 0 saturated carbocycles. The second-order valence-electron chi connectivity index (χ2n) is 7.51. The normalized spacial score (nSPS) is 15.8. The van der Waals surface area contributed by atoms with Crippen LogP contribution in [0, 0.1) is 10.1 Å². The van der Waals surface area contributed by atoms with E-state index in [1.165, 1.54) is 12.1 Å². The van der Waals surface area contributed by atoms with Crippen molar-refractivity contribution in [3.05, 3.63) is 85.1 Å². The molecule has 2 heterocycles. The van der Waals surface area contributed by atoms with Gasteiger partial charge in [0.15, 0.2) is 11.5 Å². The highest BCUT2D eigenvalue weighted by Crippen LogP contribution is 2.43. The summed E-state index contributed by atoms with van der Waals surface area (Å²) >= 11 is 1.64. The van der Waals surface area contributed by atoms with Crippen LogP contribution in [0.25, 0.3) is 0 Å². The van der Waals surface area contributed by atoms with E-state index in [1.54, 1.807) is 31.6 Å². The first kappa shape index (κ1) is 21.8. The Morgan fingerprint density at radius 3 is 2.59 bits per heavy atom. The lowest BCUT2D eigenvalue weighted by molar-refractivity contribution is -0.385. The van der Waals surface area contributed by atoms with Crippen LogP contribution in [-0.2, 0) is 13.0 Å². The van der Waals surface area contributed by atoms with Crippen LogP contribution in [0.1, 0.15) is 38.0 Å². The lowest BCUT2D eigenvalue weighted by Crippen LogP contribution is -2.35. The highest BCUT2D eigenvalue weighted by Gasteiger charge is 2.32. The molecule has 9 heteroatoms. The number of hydrogen-bond donors (Lipinski definition) is 1. The Morgan fingerprint density at radius 1 is 1.22 bits per heavy atom. The van der Waals surface area contributed by atoms with Gasteiger partial charge in [0.1, 0.15) is 0 Å². The summed E-state index contributed by atoms with van der Waals surface area (Å²) in [4.78, 5) is 26.1. The molecule has 2 aromatic carbocycles. The minimum absolute atomic E-state index is 0.0889. The fraction of sp³-hybridized carbons (Fsp3) is 0.261. The predicted octanol–water partition coefficient (Wildman–Crippen LogP) is 3.92. The van der Waals surface area contributed by atoms with Crippen LogP contribution in [0.4, 0.5) is 5.69 Å². The molecule has 0 radical (unpaired) electrons. The zero-order valence-electron chi connectivity index (χ0n) is 17.7. The number of nitrogens with zero attached hydrogens (tertiary/aromatic N) is 2. The van der Waals surface area contributed by atoms with E-state index in [2.05, 4.69) is 11.0 Å². The Balaban J connectivity index is 1.77. The number of carbonyl (C=O) groups excluding carboxylic acids is 1. The number of nitrogens with two attached hydrogens (primary N) is 1. The number of methoxy groups -OCH3 is 2. The van der Waals surface area contributed by atoms with Crippen LogP contribution in [0.5, 0.6) is 11.5 Å². The van der Waals surface area contributed by atoms with Crippen molar-refractivity contribution >= 4 is 22.9 Å². The van der Waals surface area contributed by atoms with E-state index in [-0.39, 0.29) is 17.3 Å². The molecular weight excluding hydrogens is 430 g/mol. The maximum absolute atomic E-state index is 11.7. The summed E-state index contributed by atoms with van der Waals surface area (Å²) in [6.07, 6.45) is 0.769. The molecule has 1 aliphatic heterocycles. The number of carbonyl (C=O) groups is 1. The first-order valence-electron chi connectivity index (χ1n) is 10.0. The van der Waals surface area contributed by atoms with Crippen molar-refractivity contribution < 1.29 is 19.2 Å². The number of hydrogen-bond acceptors (Lipinski definition) is 7. The standard InChI is InChI=1S/C23H23N3O5S/c1-30-19-11-14-7-8-25(13-16-6-5-15(23(24)27)10-18(16)26(28)29)22(21-4-3-9-32-21)17(14)12-20(19)31-2/h3-6,9-12,22H,7-8,13H2,1-2H3,(H2,24,27). The Kier molecular flexibility index (Phi) is 6.11. The van der Waals surface area contributed by atoms with E-state index in [1.807, 2.05) is 23.6 Å². The number of amides is 1. The monoisotopic (exact) mass is 453 g/mol. The molecule has 32 heavy (non-hydrogen) atoms. The van der Waals surface area contributed by atoms with Gasteiger partial charge in [0.25, 0.3) is 5.69 Å². The first-order valence-corrected chi connectivity index (χ1v) is 10.9. The molecule has 166 valence electrons. The van der Waals surface area contributed by atoms with Crippen LogP contribution >= 0.6 is 11.3 Å². The second-order valence-corrected chi connectivity index (χ2v) is 8.49. The van der Waals surface area contributed by atoms with Crippen LogP contribution < -0.4 is 15.2 Å². The van der Waals surface area contributed by atoms with Gasteiger partial charge in [0, 0.05) is 35.2 Å². The molecule has 0 fully saturated rings. The zero-order valence-corrected chi connectivity index (χ0v) is 18.6. The van der Waals surface area contributed by atoms with Crippen LogP contribution in [-0.4, -0.2) is 36.5 Å². The molecule has 0 aliphatic carbocycles. The molecule has 1 amide bonds. The fourth-order valence-electron chi connectivity index (χ4n) is 4.19. The summed E-state index contributed by atoms with van der Waals surface area (Å²) in [5.74, 6) is 0.637. The largest absolute Gasteiger partial charge is 0.493 e. The molecule has 1 atom stereocenters. The predicted molar refractivity (Wildman–Crippen MR) is 121 cm³/mol. The molecule has 2 N–H and O–H groups in total. The number of nitro groups is 1. The molecule has 0 saturated heterocycles. The Bertz CT molecular complexity index is 1160. The smallest absolute Gasteiger partial charge is 0.274 e. The van der Waals surface area contributed by atoms with Gasteiger partial charge in [-0.2, -0.15) is 0 Å². The van der Waals surface area contributed by atoms with Crippen molar-refractivity contribution in [1.29, 1.82) is 0 Å². The molecule has 1 aliphatic rings. The Hall–Kier alpha value is -3.43. The summed E-state index contributed by atoms with van der Waals surface area (Å²) in [7, 11) is 3.22. The average molecular weight is 454 g/mol. The van der Waals surface area contributed by atoms with Crippen molar-refractivity contribution in [3.63, 3.8) is 0 Å². The Labute approximate surface area is 189 Å². The summed E-state index contributed by atoms with van der Waals surface area (Å²) in [5, 5.41) is 13.7. The lowest BCUT2D eigenvalue weighted by atomic mass is 9.90. The molecular formula is C23H23N3O5S. The number of rotatable bonds is 7. The third-order valence-electron chi connectivity index (χ3n) is 5.73. The van der Waals surface area contributed by atoms with Crippen molar-refractivity contribution in [1.82, 2.24) is 4.90 Å². The van der Waals surface area contributed by atoms with Gasteiger partial charge in [0.2, 0.25) is 5.91 Å². The van der Waals surface area contributed by atoms with Crippen LogP contribution in [0.15, 0.2) is 47.8 Å². The van der Waals surface area contributed by atoms with Crippen molar-refractivity contribution in [2.45, 2.75) is 19.0 Å². The van der Waals surface area contributed by atoms with Gasteiger partial charge in [0.05, 0.1) is 25.2 Å². The third-order valence-corrected chi connectivity index (χ3v) is 6.65. The quantitative estimate of drug-likeness (QED) is 0.429. The van der Waals surface area contributed by atoms with Gasteiger partial charge in [-0.3, -0.25) is 19.8 Å². The van der Waals surface area contributed by atoms with E-state index in [9.17, 15) is 14.9 Å². The SMILES string of the molecule is COc1cc2c(cc1OC)C(c1cccs1)N(Cc1ccc(C(N)=O)cc1[N+](=O)[O-])CC2. The molecule has 1 unspecified atom stereocenters. The number of primary amides is 1. The molecule has 0 bridgehead atoms. The minimum atomic E-state index is -0.691. The van der Waals surface area contributed by atoms with Gasteiger partial charge < -0.3 is 15.2 Å². The van der Waals surface area contributed by atoms with Gasteiger partial charge in [-0.1, -0.05) is 12.1 Å². The van der Waals surface area contributed by atoms with Gasteiger partial charge in [-0.05, 0) is 47.2 Å². The van der Waals surface area contributed by atoms with E-state index >= 15 is 0 Å². The fourth-order valence-corrected chi connectivity index (χ4v) is 5.06. The number of nitro benzene ring substituents is 1. The molecule has 4 rings (SSSR count). The number of ether oxygens (including phenoxy) is 2. The minimum Gasteiger partial charge on any atom is -0.493 e.